The maximum Gasteiger partial charge on any atom is 0.407 e. The van der Waals surface area contributed by atoms with Gasteiger partial charge in [0.15, 0.2) is 0 Å². The van der Waals surface area contributed by atoms with Crippen molar-refractivity contribution in [1.82, 2.24) is 9.88 Å². The molecule has 0 saturated heterocycles. The molecular weight excluding hydrogens is 296 g/mol. The summed E-state index contributed by atoms with van der Waals surface area (Å²) in [6.07, 6.45) is -1.07. The molecule has 126 valence electrons. The quantitative estimate of drug-likeness (QED) is 0.805. The molecular formula is C17H24N2O4. The van der Waals surface area contributed by atoms with E-state index in [0.717, 1.165) is 10.9 Å². The first-order valence-corrected chi connectivity index (χ1v) is 7.56. The van der Waals surface area contributed by atoms with E-state index in [2.05, 4.69) is 5.32 Å². The molecule has 0 saturated carbocycles. The Hall–Kier alpha value is -2.05. The molecule has 0 spiro atoms. The summed E-state index contributed by atoms with van der Waals surface area (Å²) in [7, 11) is 1.88. The number of nitrogens with zero attached hydrogens (tertiary/aromatic N) is 1. The number of benzene rings is 1. The van der Waals surface area contributed by atoms with Crippen LogP contribution in [0.5, 0.6) is 0 Å². The van der Waals surface area contributed by atoms with Crippen LogP contribution in [-0.2, 0) is 11.8 Å². The summed E-state index contributed by atoms with van der Waals surface area (Å²) in [4.78, 5) is 11.6. The van der Waals surface area contributed by atoms with E-state index >= 15 is 0 Å². The molecule has 1 aromatic heterocycles. The number of alkyl carbamates (subject to hydrolysis) is 1. The van der Waals surface area contributed by atoms with Gasteiger partial charge in [-0.25, -0.2) is 4.79 Å². The fourth-order valence-corrected chi connectivity index (χ4v) is 2.43. The van der Waals surface area contributed by atoms with Crippen molar-refractivity contribution in [3.8, 4) is 0 Å². The maximum atomic E-state index is 11.6. The van der Waals surface area contributed by atoms with Gasteiger partial charge >= 0.3 is 6.09 Å². The number of aliphatic hydroxyl groups is 2. The molecule has 1 heterocycles. The molecule has 0 bridgehead atoms. The van der Waals surface area contributed by atoms with E-state index in [-0.39, 0.29) is 6.54 Å². The van der Waals surface area contributed by atoms with E-state index in [4.69, 9.17) is 4.74 Å². The summed E-state index contributed by atoms with van der Waals surface area (Å²) in [6, 6.07) is 7.63. The van der Waals surface area contributed by atoms with Gasteiger partial charge in [-0.3, -0.25) is 0 Å². The lowest BCUT2D eigenvalue weighted by atomic mass is 10.0. The first-order valence-electron chi connectivity index (χ1n) is 7.56. The first kappa shape index (κ1) is 17.3. The van der Waals surface area contributed by atoms with Crippen LogP contribution < -0.4 is 5.32 Å². The van der Waals surface area contributed by atoms with Gasteiger partial charge in [0.25, 0.3) is 0 Å². The predicted octanol–water partition coefficient (Wildman–Crippen LogP) is 2.10. The van der Waals surface area contributed by atoms with Crippen LogP contribution >= 0.6 is 0 Å². The lowest BCUT2D eigenvalue weighted by Gasteiger charge is -2.22. The van der Waals surface area contributed by atoms with Crippen LogP contribution in [0.25, 0.3) is 10.9 Å². The molecule has 2 unspecified atom stereocenters. The molecule has 3 N–H and O–H groups in total. The molecule has 2 atom stereocenters. The Kier molecular flexibility index (Phi) is 4.97. The largest absolute Gasteiger partial charge is 0.444 e. The number of aliphatic hydroxyl groups excluding tert-OH is 2. The highest BCUT2D eigenvalue weighted by Crippen LogP contribution is 2.27. The fraction of sp³-hybridized carbons (Fsp3) is 0.471. The Bertz CT molecular complexity index is 687. The number of hydrogen-bond donors (Lipinski definition) is 3. The summed E-state index contributed by atoms with van der Waals surface area (Å²) < 4.78 is 6.99. The third-order valence-electron chi connectivity index (χ3n) is 3.47. The number of amides is 1. The molecule has 0 fully saturated rings. The van der Waals surface area contributed by atoms with Crippen LogP contribution in [0.1, 0.15) is 32.4 Å². The molecule has 2 rings (SSSR count). The number of para-hydroxylation sites is 1. The highest BCUT2D eigenvalue weighted by Gasteiger charge is 2.24. The van der Waals surface area contributed by atoms with Gasteiger partial charge < -0.3 is 24.8 Å². The highest BCUT2D eigenvalue weighted by molar-refractivity contribution is 5.84. The second-order valence-corrected chi connectivity index (χ2v) is 6.61. The topological polar surface area (TPSA) is 83.7 Å². The molecule has 0 aliphatic carbocycles. The zero-order valence-electron chi connectivity index (χ0n) is 13.9. The average Bonchev–Trinajstić information content (AvgIpc) is 2.80. The van der Waals surface area contributed by atoms with Crippen LogP contribution in [0.15, 0.2) is 30.5 Å². The number of fused-ring (bicyclic) bond motifs is 1. The van der Waals surface area contributed by atoms with Gasteiger partial charge in [-0.15, -0.1) is 0 Å². The number of hydrogen-bond acceptors (Lipinski definition) is 4. The third kappa shape index (κ3) is 4.24. The first-order chi connectivity index (χ1) is 10.7. The van der Waals surface area contributed by atoms with Gasteiger partial charge in [0.1, 0.15) is 17.8 Å². The van der Waals surface area contributed by atoms with Gasteiger partial charge in [-0.05, 0) is 26.8 Å². The smallest absolute Gasteiger partial charge is 0.407 e. The second-order valence-electron chi connectivity index (χ2n) is 6.61. The van der Waals surface area contributed by atoms with E-state index in [1.807, 2.05) is 35.9 Å². The summed E-state index contributed by atoms with van der Waals surface area (Å²) in [5.41, 5.74) is 0.985. The van der Waals surface area contributed by atoms with Gasteiger partial charge in [0, 0.05) is 36.3 Å². The van der Waals surface area contributed by atoms with Crippen molar-refractivity contribution in [2.24, 2.45) is 7.05 Å². The molecule has 0 aliphatic rings. The molecule has 1 amide bonds. The van der Waals surface area contributed by atoms with Gasteiger partial charge in [-0.2, -0.15) is 0 Å². The SMILES string of the molecule is Cn1cc(C(O)C(O)CNC(=O)OC(C)(C)C)c2ccccc21. The lowest BCUT2D eigenvalue weighted by molar-refractivity contribution is 0.0135. The Morgan fingerprint density at radius 3 is 2.61 bits per heavy atom. The van der Waals surface area contributed by atoms with Crippen molar-refractivity contribution >= 4 is 17.0 Å². The zero-order valence-corrected chi connectivity index (χ0v) is 13.9. The molecule has 6 nitrogen and oxygen atoms in total. The van der Waals surface area contributed by atoms with Crippen molar-refractivity contribution in [1.29, 1.82) is 0 Å². The van der Waals surface area contributed by atoms with Crippen LogP contribution in [-0.4, -0.2) is 39.1 Å². The van der Waals surface area contributed by atoms with Gasteiger partial charge in [0.2, 0.25) is 0 Å². The molecule has 6 heteroatoms. The zero-order chi connectivity index (χ0) is 17.2. The molecule has 23 heavy (non-hydrogen) atoms. The Labute approximate surface area is 135 Å². The monoisotopic (exact) mass is 320 g/mol. The standard InChI is InChI=1S/C17H24N2O4/c1-17(2,3)23-16(22)18-9-14(20)15(21)12-10-19(4)13-8-6-5-7-11(12)13/h5-8,10,14-15,20-21H,9H2,1-4H3,(H,18,22). The molecule has 0 aliphatic heterocycles. The minimum absolute atomic E-state index is 0.0979. The normalized spacial score (nSPS) is 14.5. The van der Waals surface area contributed by atoms with Crippen LogP contribution in [0.4, 0.5) is 4.79 Å². The predicted molar refractivity (Wildman–Crippen MR) is 88.1 cm³/mol. The van der Waals surface area contributed by atoms with E-state index in [0.29, 0.717) is 5.56 Å². The minimum Gasteiger partial charge on any atom is -0.444 e. The minimum atomic E-state index is -1.13. The highest BCUT2D eigenvalue weighted by atomic mass is 16.6. The van der Waals surface area contributed by atoms with Gasteiger partial charge in [0.05, 0.1) is 0 Å². The lowest BCUT2D eigenvalue weighted by Crippen LogP contribution is -2.38. The van der Waals surface area contributed by atoms with Crippen molar-refractivity contribution in [3.05, 3.63) is 36.0 Å². The van der Waals surface area contributed by atoms with Crippen LogP contribution in [0, 0.1) is 0 Å². The number of carbonyl (C=O) groups is 1. The Morgan fingerprint density at radius 2 is 1.96 bits per heavy atom. The summed E-state index contributed by atoms with van der Waals surface area (Å²) in [5, 5.41) is 23.9. The second kappa shape index (κ2) is 6.60. The average molecular weight is 320 g/mol. The van der Waals surface area contributed by atoms with Crippen molar-refractivity contribution < 1.29 is 19.7 Å². The van der Waals surface area contributed by atoms with E-state index < -0.39 is 23.9 Å². The number of ether oxygens (including phenoxy) is 1. The van der Waals surface area contributed by atoms with E-state index in [1.165, 1.54) is 0 Å². The Balaban J connectivity index is 2.04. The third-order valence-corrected chi connectivity index (χ3v) is 3.47. The molecule has 0 radical (unpaired) electrons. The van der Waals surface area contributed by atoms with Crippen molar-refractivity contribution in [3.63, 3.8) is 0 Å². The van der Waals surface area contributed by atoms with E-state index in [1.54, 1.807) is 27.0 Å². The molecule has 1 aromatic carbocycles. The number of aryl methyl sites for hydroxylation is 1. The maximum absolute atomic E-state index is 11.6. The summed E-state index contributed by atoms with van der Waals surface area (Å²) in [5.74, 6) is 0. The summed E-state index contributed by atoms with van der Waals surface area (Å²) in [6.45, 7) is 5.18. The van der Waals surface area contributed by atoms with Crippen LogP contribution in [0.2, 0.25) is 0 Å². The van der Waals surface area contributed by atoms with Crippen molar-refractivity contribution in [2.75, 3.05) is 6.54 Å². The summed E-state index contributed by atoms with van der Waals surface area (Å²) >= 11 is 0. The Morgan fingerprint density at radius 1 is 1.30 bits per heavy atom. The molecule has 2 aromatic rings. The van der Waals surface area contributed by atoms with E-state index in [9.17, 15) is 15.0 Å². The van der Waals surface area contributed by atoms with Crippen molar-refractivity contribution in [2.45, 2.75) is 38.6 Å². The number of aromatic nitrogens is 1. The number of nitrogens with one attached hydrogen (secondary N) is 1. The fourth-order valence-electron chi connectivity index (χ4n) is 2.43. The number of rotatable bonds is 4. The van der Waals surface area contributed by atoms with Gasteiger partial charge in [-0.1, -0.05) is 18.2 Å². The number of carbonyl (C=O) groups excluding carboxylic acids is 1. The van der Waals surface area contributed by atoms with Crippen LogP contribution in [0.3, 0.4) is 0 Å².